The molecule has 4 nitrogen and oxygen atoms in total. The zero-order chi connectivity index (χ0) is 12.3. The standard InChI is InChI=1S/C11H8ClNO3S/c12-9-8(11(14)15)3-4-13-10(9)17-6-7-2-1-5-16-7/h1-5H,6H2,(H,14,15). The summed E-state index contributed by atoms with van der Waals surface area (Å²) in [4.78, 5) is 14.9. The van der Waals surface area contributed by atoms with Crippen molar-refractivity contribution in [3.63, 3.8) is 0 Å². The van der Waals surface area contributed by atoms with Gasteiger partial charge in [-0.15, -0.1) is 0 Å². The summed E-state index contributed by atoms with van der Waals surface area (Å²) in [6.45, 7) is 0. The van der Waals surface area contributed by atoms with Crippen LogP contribution < -0.4 is 0 Å². The van der Waals surface area contributed by atoms with Crippen molar-refractivity contribution < 1.29 is 14.3 Å². The van der Waals surface area contributed by atoms with Crippen molar-refractivity contribution in [3.05, 3.63) is 47.0 Å². The van der Waals surface area contributed by atoms with E-state index in [0.29, 0.717) is 10.8 Å². The Balaban J connectivity index is 2.16. The van der Waals surface area contributed by atoms with E-state index in [2.05, 4.69) is 4.98 Å². The number of hydrogen-bond donors (Lipinski definition) is 1. The van der Waals surface area contributed by atoms with Crippen LogP contribution >= 0.6 is 23.4 Å². The molecule has 0 radical (unpaired) electrons. The van der Waals surface area contributed by atoms with Gasteiger partial charge in [0.25, 0.3) is 0 Å². The third-order valence-corrected chi connectivity index (χ3v) is 3.53. The summed E-state index contributed by atoms with van der Waals surface area (Å²) >= 11 is 7.29. The number of aromatic nitrogens is 1. The zero-order valence-electron chi connectivity index (χ0n) is 8.59. The number of furan rings is 1. The summed E-state index contributed by atoms with van der Waals surface area (Å²) in [5.41, 5.74) is 0.0589. The third-order valence-electron chi connectivity index (χ3n) is 2.02. The van der Waals surface area contributed by atoms with E-state index in [-0.39, 0.29) is 10.6 Å². The molecule has 0 aliphatic heterocycles. The Hall–Kier alpha value is -1.46. The van der Waals surface area contributed by atoms with Crippen LogP contribution in [-0.4, -0.2) is 16.1 Å². The average Bonchev–Trinajstić information content (AvgIpc) is 2.80. The summed E-state index contributed by atoms with van der Waals surface area (Å²) in [5.74, 6) is 0.286. The van der Waals surface area contributed by atoms with Crippen LogP contribution in [0, 0.1) is 0 Å². The summed E-state index contributed by atoms with van der Waals surface area (Å²) in [5, 5.41) is 9.55. The molecule has 2 aromatic rings. The summed E-state index contributed by atoms with van der Waals surface area (Å²) in [6.07, 6.45) is 3.01. The van der Waals surface area contributed by atoms with Crippen molar-refractivity contribution in [2.75, 3.05) is 0 Å². The zero-order valence-corrected chi connectivity index (χ0v) is 10.2. The maximum Gasteiger partial charge on any atom is 0.337 e. The van der Waals surface area contributed by atoms with Gasteiger partial charge in [0.15, 0.2) is 0 Å². The Bertz CT molecular complexity index is 528. The van der Waals surface area contributed by atoms with Crippen LogP contribution in [0.3, 0.4) is 0 Å². The highest BCUT2D eigenvalue weighted by Gasteiger charge is 2.13. The van der Waals surface area contributed by atoms with Crippen LogP contribution in [-0.2, 0) is 5.75 Å². The largest absolute Gasteiger partial charge is 0.478 e. The van der Waals surface area contributed by atoms with E-state index in [4.69, 9.17) is 21.1 Å². The topological polar surface area (TPSA) is 63.3 Å². The van der Waals surface area contributed by atoms with Gasteiger partial charge in [0.05, 0.1) is 22.6 Å². The van der Waals surface area contributed by atoms with Crippen LogP contribution in [0.15, 0.2) is 40.1 Å². The van der Waals surface area contributed by atoms with Crippen LogP contribution in [0.5, 0.6) is 0 Å². The molecule has 0 spiro atoms. The number of rotatable bonds is 4. The molecule has 0 amide bonds. The highest BCUT2D eigenvalue weighted by atomic mass is 35.5. The summed E-state index contributed by atoms with van der Waals surface area (Å²) in [6, 6.07) is 5.00. The lowest BCUT2D eigenvalue weighted by atomic mass is 10.3. The van der Waals surface area contributed by atoms with Gasteiger partial charge in [-0.3, -0.25) is 0 Å². The van der Waals surface area contributed by atoms with E-state index < -0.39 is 5.97 Å². The molecule has 0 aliphatic carbocycles. The minimum Gasteiger partial charge on any atom is -0.478 e. The number of thioether (sulfide) groups is 1. The predicted octanol–water partition coefficient (Wildman–Crippen LogP) is 3.32. The molecular formula is C11H8ClNO3S. The molecule has 0 fully saturated rings. The SMILES string of the molecule is O=C(O)c1ccnc(SCc2ccco2)c1Cl. The van der Waals surface area contributed by atoms with E-state index in [0.717, 1.165) is 5.76 Å². The fourth-order valence-corrected chi connectivity index (χ4v) is 2.40. The van der Waals surface area contributed by atoms with Gasteiger partial charge >= 0.3 is 5.97 Å². The first-order valence-electron chi connectivity index (χ1n) is 4.71. The van der Waals surface area contributed by atoms with Gasteiger partial charge in [0, 0.05) is 6.20 Å². The number of pyridine rings is 1. The average molecular weight is 270 g/mol. The first kappa shape index (κ1) is 12.0. The fraction of sp³-hybridized carbons (Fsp3) is 0.0909. The lowest BCUT2D eigenvalue weighted by molar-refractivity contribution is 0.0696. The minimum absolute atomic E-state index is 0.0589. The van der Waals surface area contributed by atoms with Crippen molar-refractivity contribution in [2.24, 2.45) is 0 Å². The number of carboxylic acids is 1. The fourth-order valence-electron chi connectivity index (χ4n) is 1.22. The number of carbonyl (C=O) groups is 1. The summed E-state index contributed by atoms with van der Waals surface area (Å²) < 4.78 is 5.16. The molecule has 0 bridgehead atoms. The van der Waals surface area contributed by atoms with Crippen molar-refractivity contribution in [1.82, 2.24) is 4.98 Å². The predicted molar refractivity (Wildman–Crippen MR) is 64.5 cm³/mol. The van der Waals surface area contributed by atoms with Crippen molar-refractivity contribution in [2.45, 2.75) is 10.8 Å². The number of aromatic carboxylic acids is 1. The Morgan fingerprint density at radius 3 is 3.00 bits per heavy atom. The van der Waals surface area contributed by atoms with Gasteiger partial charge < -0.3 is 9.52 Å². The molecule has 2 aromatic heterocycles. The van der Waals surface area contributed by atoms with E-state index in [1.807, 2.05) is 6.07 Å². The smallest absolute Gasteiger partial charge is 0.337 e. The van der Waals surface area contributed by atoms with Gasteiger partial charge in [-0.2, -0.15) is 0 Å². The van der Waals surface area contributed by atoms with Crippen LogP contribution in [0.4, 0.5) is 0 Å². The molecule has 0 saturated heterocycles. The van der Waals surface area contributed by atoms with E-state index >= 15 is 0 Å². The monoisotopic (exact) mass is 269 g/mol. The molecule has 17 heavy (non-hydrogen) atoms. The van der Waals surface area contributed by atoms with Crippen LogP contribution in [0.1, 0.15) is 16.1 Å². The third kappa shape index (κ3) is 2.81. The van der Waals surface area contributed by atoms with Crippen molar-refractivity contribution in [3.8, 4) is 0 Å². The van der Waals surface area contributed by atoms with E-state index in [1.165, 1.54) is 24.0 Å². The van der Waals surface area contributed by atoms with Gasteiger partial charge in [-0.25, -0.2) is 9.78 Å². The molecule has 0 unspecified atom stereocenters. The Labute approximate surface area is 107 Å². The number of nitrogens with zero attached hydrogens (tertiary/aromatic N) is 1. The first-order valence-corrected chi connectivity index (χ1v) is 6.08. The molecule has 0 atom stereocenters. The molecule has 2 heterocycles. The van der Waals surface area contributed by atoms with Gasteiger partial charge in [-0.1, -0.05) is 23.4 Å². The minimum atomic E-state index is -1.06. The number of hydrogen-bond acceptors (Lipinski definition) is 4. The molecule has 2 rings (SSSR count). The summed E-state index contributed by atoms with van der Waals surface area (Å²) in [7, 11) is 0. The normalized spacial score (nSPS) is 10.4. The molecule has 0 aliphatic rings. The maximum absolute atomic E-state index is 10.9. The lowest BCUT2D eigenvalue weighted by Crippen LogP contribution is -1.99. The van der Waals surface area contributed by atoms with Crippen molar-refractivity contribution in [1.29, 1.82) is 0 Å². The van der Waals surface area contributed by atoms with Gasteiger partial charge in [-0.05, 0) is 18.2 Å². The first-order chi connectivity index (χ1) is 8.18. The second-order valence-corrected chi connectivity index (χ2v) is 4.49. The molecular weight excluding hydrogens is 262 g/mol. The lowest BCUT2D eigenvalue weighted by Gasteiger charge is -2.04. The number of halogens is 1. The van der Waals surface area contributed by atoms with Crippen LogP contribution in [0.25, 0.3) is 0 Å². The molecule has 0 saturated carbocycles. The van der Waals surface area contributed by atoms with E-state index in [1.54, 1.807) is 12.3 Å². The van der Waals surface area contributed by atoms with Crippen molar-refractivity contribution >= 4 is 29.3 Å². The Morgan fingerprint density at radius 1 is 1.53 bits per heavy atom. The van der Waals surface area contributed by atoms with Gasteiger partial charge in [0.1, 0.15) is 10.8 Å². The van der Waals surface area contributed by atoms with Crippen LogP contribution in [0.2, 0.25) is 5.02 Å². The molecule has 6 heteroatoms. The molecule has 88 valence electrons. The maximum atomic E-state index is 10.9. The Morgan fingerprint density at radius 2 is 2.35 bits per heavy atom. The number of carboxylic acid groups (broad SMARTS) is 1. The second kappa shape index (κ2) is 5.25. The highest BCUT2D eigenvalue weighted by Crippen LogP contribution is 2.30. The van der Waals surface area contributed by atoms with Gasteiger partial charge in [0.2, 0.25) is 0 Å². The van der Waals surface area contributed by atoms with E-state index in [9.17, 15) is 4.79 Å². The quantitative estimate of drug-likeness (QED) is 0.863. The highest BCUT2D eigenvalue weighted by molar-refractivity contribution is 7.98. The second-order valence-electron chi connectivity index (χ2n) is 3.15. The Kier molecular flexibility index (Phi) is 3.71. The molecule has 0 aromatic carbocycles. The molecule has 1 N–H and O–H groups in total.